The predicted molar refractivity (Wildman–Crippen MR) is 68.8 cm³/mol. The molecule has 0 saturated carbocycles. The Hall–Kier alpha value is -1.44. The van der Waals surface area contributed by atoms with Crippen LogP contribution < -0.4 is 10.6 Å². The molecule has 0 saturated heterocycles. The van der Waals surface area contributed by atoms with Crippen molar-refractivity contribution in [2.45, 2.75) is 34.6 Å². The first-order valence-corrected chi connectivity index (χ1v) is 5.32. The number of rotatable bonds is 1. The molecule has 1 heterocycles. The van der Waals surface area contributed by atoms with Gasteiger partial charge in [-0.1, -0.05) is 46.4 Å². The van der Waals surface area contributed by atoms with E-state index in [9.17, 15) is 0 Å². The molecule has 1 aromatic heterocycles. The standard InChI is InChI=1S/C9H10N2.2C2H6/c1-7(2)4-9-5-10-6-11-8(9)3;2*1-2/h4-6H,1,3H2,2H3;2*1-2H3/b9-4-;;. The molecular formula is C13H22N2. The Morgan fingerprint density at radius 1 is 1.27 bits per heavy atom. The summed E-state index contributed by atoms with van der Waals surface area (Å²) < 4.78 is 0. The number of aromatic nitrogens is 2. The highest BCUT2D eigenvalue weighted by atomic mass is 14.8. The number of hydrogen-bond acceptors (Lipinski definition) is 2. The van der Waals surface area contributed by atoms with Crippen LogP contribution in [0.1, 0.15) is 34.6 Å². The molecule has 1 rings (SSSR count). The Morgan fingerprint density at radius 3 is 2.20 bits per heavy atom. The Kier molecular flexibility index (Phi) is 11.4. The van der Waals surface area contributed by atoms with Gasteiger partial charge in [0.15, 0.2) is 0 Å². The fraction of sp³-hybridized carbons (Fsp3) is 0.385. The molecule has 15 heavy (non-hydrogen) atoms. The van der Waals surface area contributed by atoms with E-state index in [2.05, 4.69) is 23.1 Å². The van der Waals surface area contributed by atoms with Gasteiger partial charge in [-0.15, -0.1) is 0 Å². The Morgan fingerprint density at radius 2 is 1.80 bits per heavy atom. The molecule has 2 heteroatoms. The van der Waals surface area contributed by atoms with Crippen LogP contribution in [0, 0.1) is 0 Å². The maximum absolute atomic E-state index is 3.94. The maximum Gasteiger partial charge on any atom is 0.116 e. The molecular weight excluding hydrogens is 184 g/mol. The average Bonchev–Trinajstić information content (AvgIpc) is 2.27. The van der Waals surface area contributed by atoms with Crippen molar-refractivity contribution in [2.75, 3.05) is 0 Å². The summed E-state index contributed by atoms with van der Waals surface area (Å²) in [5, 5.41) is 1.67. The molecule has 0 amide bonds. The lowest BCUT2D eigenvalue weighted by atomic mass is 10.3. The molecule has 0 N–H and O–H groups in total. The lowest BCUT2D eigenvalue weighted by Gasteiger charge is -1.86. The van der Waals surface area contributed by atoms with Gasteiger partial charge in [0.2, 0.25) is 0 Å². The van der Waals surface area contributed by atoms with Gasteiger partial charge in [0.1, 0.15) is 6.33 Å². The van der Waals surface area contributed by atoms with Crippen molar-refractivity contribution in [1.29, 1.82) is 0 Å². The van der Waals surface area contributed by atoms with E-state index in [0.717, 1.165) is 16.1 Å². The molecule has 0 bridgehead atoms. The summed E-state index contributed by atoms with van der Waals surface area (Å²) in [5.74, 6) is 0. The van der Waals surface area contributed by atoms with Gasteiger partial charge >= 0.3 is 0 Å². The molecule has 0 aliphatic rings. The van der Waals surface area contributed by atoms with E-state index >= 15 is 0 Å². The third-order valence-corrected chi connectivity index (χ3v) is 1.23. The van der Waals surface area contributed by atoms with E-state index in [1.807, 2.05) is 40.7 Å². The van der Waals surface area contributed by atoms with Crippen molar-refractivity contribution in [3.05, 3.63) is 35.2 Å². The summed E-state index contributed by atoms with van der Waals surface area (Å²) in [6.07, 6.45) is 5.12. The van der Waals surface area contributed by atoms with Crippen LogP contribution in [0.25, 0.3) is 12.7 Å². The van der Waals surface area contributed by atoms with Gasteiger partial charge in [-0.2, -0.15) is 0 Å². The van der Waals surface area contributed by atoms with Crippen LogP contribution in [0.2, 0.25) is 0 Å². The van der Waals surface area contributed by atoms with Crippen molar-refractivity contribution in [2.24, 2.45) is 0 Å². The molecule has 84 valence electrons. The maximum atomic E-state index is 3.94. The highest BCUT2D eigenvalue weighted by molar-refractivity contribution is 5.42. The van der Waals surface area contributed by atoms with Crippen molar-refractivity contribution in [3.8, 4) is 0 Å². The van der Waals surface area contributed by atoms with Crippen molar-refractivity contribution < 1.29 is 0 Å². The summed E-state index contributed by atoms with van der Waals surface area (Å²) in [6, 6.07) is 0. The van der Waals surface area contributed by atoms with Crippen LogP contribution in [0.3, 0.4) is 0 Å². The summed E-state index contributed by atoms with van der Waals surface area (Å²) in [7, 11) is 0. The zero-order valence-corrected chi connectivity index (χ0v) is 10.5. The SMILES string of the molecule is C=C(C)/C=c1/cncnc1=C.CC.CC. The summed E-state index contributed by atoms with van der Waals surface area (Å²) in [6.45, 7) is 17.4. The Balaban J connectivity index is 0. The molecule has 2 nitrogen and oxygen atoms in total. The number of allylic oxidation sites excluding steroid dienone is 1. The molecule has 0 aromatic carbocycles. The van der Waals surface area contributed by atoms with E-state index in [1.165, 1.54) is 6.33 Å². The van der Waals surface area contributed by atoms with Gasteiger partial charge in [0.25, 0.3) is 0 Å². The fourth-order valence-corrected chi connectivity index (χ4v) is 0.752. The number of hydrogen-bond donors (Lipinski definition) is 0. The molecule has 0 radical (unpaired) electrons. The first-order valence-electron chi connectivity index (χ1n) is 5.32. The van der Waals surface area contributed by atoms with Gasteiger partial charge in [-0.05, 0) is 13.0 Å². The van der Waals surface area contributed by atoms with Gasteiger partial charge in [-0.25, -0.2) is 9.97 Å². The quantitative estimate of drug-likeness (QED) is 0.704. The number of nitrogens with zero attached hydrogens (tertiary/aromatic N) is 2. The highest BCUT2D eigenvalue weighted by Crippen LogP contribution is 1.83. The van der Waals surface area contributed by atoms with Gasteiger partial charge < -0.3 is 0 Å². The first-order chi connectivity index (χ1) is 7.20. The molecule has 0 aliphatic heterocycles. The molecule has 1 aromatic rings. The van der Waals surface area contributed by atoms with Crippen molar-refractivity contribution in [3.63, 3.8) is 0 Å². The van der Waals surface area contributed by atoms with E-state index < -0.39 is 0 Å². The van der Waals surface area contributed by atoms with E-state index in [4.69, 9.17) is 0 Å². The molecule has 0 unspecified atom stereocenters. The lowest BCUT2D eigenvalue weighted by molar-refractivity contribution is 1.10. The Labute approximate surface area is 93.1 Å². The molecule has 0 fully saturated rings. The lowest BCUT2D eigenvalue weighted by Crippen LogP contribution is -2.26. The fourth-order valence-electron chi connectivity index (χ4n) is 0.752. The summed E-state index contributed by atoms with van der Waals surface area (Å²) >= 11 is 0. The minimum Gasteiger partial charge on any atom is -0.244 e. The van der Waals surface area contributed by atoms with Crippen LogP contribution in [0.4, 0.5) is 0 Å². The third-order valence-electron chi connectivity index (χ3n) is 1.23. The van der Waals surface area contributed by atoms with Crippen molar-refractivity contribution >= 4 is 12.7 Å². The second-order valence-corrected chi connectivity index (χ2v) is 2.42. The third kappa shape index (κ3) is 7.62. The minimum atomic E-state index is 0.739. The summed E-state index contributed by atoms with van der Waals surface area (Å²) in [5.41, 5.74) is 0.977. The molecule has 0 atom stereocenters. The van der Waals surface area contributed by atoms with Gasteiger partial charge in [0.05, 0.1) is 5.35 Å². The highest BCUT2D eigenvalue weighted by Gasteiger charge is 1.81. The monoisotopic (exact) mass is 206 g/mol. The van der Waals surface area contributed by atoms with E-state index in [1.54, 1.807) is 6.20 Å². The zero-order valence-electron chi connectivity index (χ0n) is 10.5. The topological polar surface area (TPSA) is 25.8 Å². The smallest absolute Gasteiger partial charge is 0.116 e. The van der Waals surface area contributed by atoms with E-state index in [0.29, 0.717) is 0 Å². The van der Waals surface area contributed by atoms with Crippen LogP contribution in [-0.2, 0) is 0 Å². The largest absolute Gasteiger partial charge is 0.244 e. The van der Waals surface area contributed by atoms with Crippen LogP contribution in [-0.4, -0.2) is 9.97 Å². The average molecular weight is 206 g/mol. The molecule has 0 aliphatic carbocycles. The first kappa shape index (κ1) is 16.0. The second-order valence-electron chi connectivity index (χ2n) is 2.42. The van der Waals surface area contributed by atoms with Crippen LogP contribution >= 0.6 is 0 Å². The van der Waals surface area contributed by atoms with Crippen molar-refractivity contribution in [1.82, 2.24) is 9.97 Å². The molecule has 0 spiro atoms. The van der Waals surface area contributed by atoms with Gasteiger partial charge in [0, 0.05) is 11.4 Å². The van der Waals surface area contributed by atoms with Gasteiger partial charge in [-0.3, -0.25) is 0 Å². The van der Waals surface area contributed by atoms with Crippen LogP contribution in [0.5, 0.6) is 0 Å². The normalized spacial score (nSPS) is 9.27. The second kappa shape index (κ2) is 10.6. The Bertz CT molecular complexity index is 366. The van der Waals surface area contributed by atoms with E-state index in [-0.39, 0.29) is 0 Å². The van der Waals surface area contributed by atoms with Crippen LogP contribution in [0.15, 0.2) is 24.7 Å². The zero-order chi connectivity index (χ0) is 12.3. The predicted octanol–water partition coefficient (Wildman–Crippen LogP) is 2.30. The minimum absolute atomic E-state index is 0.739. The summed E-state index contributed by atoms with van der Waals surface area (Å²) in [4.78, 5) is 7.81.